The zero-order chi connectivity index (χ0) is 17.9. The van der Waals surface area contributed by atoms with Crippen LogP contribution >= 0.6 is 0 Å². The van der Waals surface area contributed by atoms with Gasteiger partial charge in [-0.25, -0.2) is 4.79 Å². The van der Waals surface area contributed by atoms with Crippen molar-refractivity contribution in [1.29, 1.82) is 0 Å². The number of nitrogens with zero attached hydrogens (tertiary/aromatic N) is 2. The summed E-state index contributed by atoms with van der Waals surface area (Å²) in [6.45, 7) is 0.395. The van der Waals surface area contributed by atoms with Crippen LogP contribution in [0.25, 0.3) is 16.7 Å². The van der Waals surface area contributed by atoms with Crippen molar-refractivity contribution in [1.82, 2.24) is 19.9 Å². The van der Waals surface area contributed by atoms with E-state index in [2.05, 4.69) is 15.3 Å². The van der Waals surface area contributed by atoms with Gasteiger partial charge in [-0.3, -0.25) is 14.3 Å². The van der Waals surface area contributed by atoms with Crippen LogP contribution in [-0.2, 0) is 6.54 Å². The fourth-order valence-corrected chi connectivity index (χ4v) is 2.87. The van der Waals surface area contributed by atoms with E-state index in [9.17, 15) is 9.59 Å². The minimum atomic E-state index is -0.237. The van der Waals surface area contributed by atoms with Gasteiger partial charge in [-0.15, -0.1) is 0 Å². The number of aromatic nitrogens is 3. The number of nitrogens with one attached hydrogen (secondary N) is 2. The topological polar surface area (TPSA) is 79.8 Å². The molecule has 0 saturated carbocycles. The summed E-state index contributed by atoms with van der Waals surface area (Å²) in [4.78, 5) is 31.6. The molecule has 0 radical (unpaired) electrons. The standard InChI is InChI=1S/C20H16N4O2/c25-19(22-13-14-5-4-10-21-12-14)15-8-9-18-17(11-15)23-20(26)24(18)16-6-2-1-3-7-16/h1-12H,13H2,(H,22,25)(H,23,26). The molecule has 0 aliphatic heterocycles. The second-order valence-corrected chi connectivity index (χ2v) is 5.88. The van der Waals surface area contributed by atoms with Gasteiger partial charge in [0.25, 0.3) is 5.91 Å². The summed E-state index contributed by atoms with van der Waals surface area (Å²) in [7, 11) is 0. The molecule has 0 spiro atoms. The van der Waals surface area contributed by atoms with E-state index in [0.29, 0.717) is 17.6 Å². The Hall–Kier alpha value is -3.67. The first-order chi connectivity index (χ1) is 12.7. The van der Waals surface area contributed by atoms with Crippen LogP contribution in [0.15, 0.2) is 77.9 Å². The maximum Gasteiger partial charge on any atom is 0.331 e. The summed E-state index contributed by atoms with van der Waals surface area (Å²) in [6.07, 6.45) is 3.40. The van der Waals surface area contributed by atoms with Crippen molar-refractivity contribution in [3.05, 3.63) is 94.7 Å². The molecule has 128 valence electrons. The first-order valence-electron chi connectivity index (χ1n) is 8.20. The van der Waals surface area contributed by atoms with E-state index in [1.807, 2.05) is 42.5 Å². The summed E-state index contributed by atoms with van der Waals surface area (Å²) in [6, 6.07) is 18.3. The molecule has 4 aromatic rings. The quantitative estimate of drug-likeness (QED) is 0.597. The zero-order valence-electron chi connectivity index (χ0n) is 13.8. The van der Waals surface area contributed by atoms with Gasteiger partial charge in [0.1, 0.15) is 0 Å². The van der Waals surface area contributed by atoms with Gasteiger partial charge in [-0.1, -0.05) is 24.3 Å². The number of pyridine rings is 1. The molecular weight excluding hydrogens is 328 g/mol. The highest BCUT2D eigenvalue weighted by molar-refractivity contribution is 5.97. The highest BCUT2D eigenvalue weighted by Crippen LogP contribution is 2.17. The van der Waals surface area contributed by atoms with Gasteiger partial charge < -0.3 is 10.3 Å². The van der Waals surface area contributed by atoms with Crippen LogP contribution in [-0.4, -0.2) is 20.4 Å². The average Bonchev–Trinajstić information content (AvgIpc) is 3.02. The molecule has 6 nitrogen and oxygen atoms in total. The lowest BCUT2D eigenvalue weighted by molar-refractivity contribution is 0.0951. The zero-order valence-corrected chi connectivity index (χ0v) is 13.8. The van der Waals surface area contributed by atoms with Crippen molar-refractivity contribution in [2.75, 3.05) is 0 Å². The molecule has 1 amide bonds. The predicted octanol–water partition coefficient (Wildman–Crippen LogP) is 2.64. The SMILES string of the molecule is O=C(NCc1cccnc1)c1ccc2c(c1)[nH]c(=O)n2-c1ccccc1. The lowest BCUT2D eigenvalue weighted by Crippen LogP contribution is -2.22. The number of imidazole rings is 1. The van der Waals surface area contributed by atoms with Gasteiger partial charge in [0.05, 0.1) is 16.7 Å². The molecule has 26 heavy (non-hydrogen) atoms. The van der Waals surface area contributed by atoms with E-state index in [1.165, 1.54) is 0 Å². The third-order valence-corrected chi connectivity index (χ3v) is 4.13. The number of carbonyl (C=O) groups excluding carboxylic acids is 1. The second kappa shape index (κ2) is 6.68. The molecule has 0 aliphatic rings. The van der Waals surface area contributed by atoms with Crippen molar-refractivity contribution < 1.29 is 4.79 Å². The number of rotatable bonds is 4. The second-order valence-electron chi connectivity index (χ2n) is 5.88. The maximum atomic E-state index is 12.4. The highest BCUT2D eigenvalue weighted by Gasteiger charge is 2.12. The molecule has 0 bridgehead atoms. The van der Waals surface area contributed by atoms with E-state index in [4.69, 9.17) is 0 Å². The monoisotopic (exact) mass is 344 g/mol. The van der Waals surface area contributed by atoms with Crippen LogP contribution in [0.5, 0.6) is 0 Å². The molecule has 0 saturated heterocycles. The average molecular weight is 344 g/mol. The third kappa shape index (κ3) is 3.00. The van der Waals surface area contributed by atoms with E-state index in [-0.39, 0.29) is 11.6 Å². The Balaban J connectivity index is 1.62. The normalized spacial score (nSPS) is 10.8. The molecule has 2 N–H and O–H groups in total. The van der Waals surface area contributed by atoms with E-state index in [0.717, 1.165) is 16.8 Å². The summed E-state index contributed by atoms with van der Waals surface area (Å²) in [5.41, 5.74) is 3.29. The summed E-state index contributed by atoms with van der Waals surface area (Å²) in [5.74, 6) is -0.205. The molecule has 0 fully saturated rings. The molecule has 4 rings (SSSR count). The van der Waals surface area contributed by atoms with Gasteiger partial charge in [0.2, 0.25) is 0 Å². The van der Waals surface area contributed by atoms with Crippen LogP contribution in [0, 0.1) is 0 Å². The predicted molar refractivity (Wildman–Crippen MR) is 99.3 cm³/mol. The number of aromatic amines is 1. The van der Waals surface area contributed by atoms with Gasteiger partial charge >= 0.3 is 5.69 Å². The van der Waals surface area contributed by atoms with E-state index >= 15 is 0 Å². The number of para-hydroxylation sites is 1. The Morgan fingerprint density at radius 2 is 1.92 bits per heavy atom. The molecule has 2 aromatic carbocycles. The highest BCUT2D eigenvalue weighted by atomic mass is 16.2. The number of fused-ring (bicyclic) bond motifs is 1. The number of amides is 1. The largest absolute Gasteiger partial charge is 0.348 e. The van der Waals surface area contributed by atoms with Gasteiger partial charge in [0, 0.05) is 24.5 Å². The number of hydrogen-bond donors (Lipinski definition) is 2. The Kier molecular flexibility index (Phi) is 4.07. The minimum Gasteiger partial charge on any atom is -0.348 e. The van der Waals surface area contributed by atoms with Crippen molar-refractivity contribution in [3.63, 3.8) is 0 Å². The summed E-state index contributed by atoms with van der Waals surface area (Å²) >= 11 is 0. The van der Waals surface area contributed by atoms with Crippen molar-refractivity contribution >= 4 is 16.9 Å². The molecule has 2 heterocycles. The third-order valence-electron chi connectivity index (χ3n) is 4.13. The number of carbonyl (C=O) groups is 1. The maximum absolute atomic E-state index is 12.4. The Morgan fingerprint density at radius 3 is 2.69 bits per heavy atom. The molecule has 0 aliphatic carbocycles. The Labute approximate surface area is 149 Å². The first kappa shape index (κ1) is 15.8. The van der Waals surface area contributed by atoms with Crippen molar-refractivity contribution in [3.8, 4) is 5.69 Å². The van der Waals surface area contributed by atoms with Crippen LogP contribution in [0.3, 0.4) is 0 Å². The molecular formula is C20H16N4O2. The molecule has 2 aromatic heterocycles. The molecule has 0 unspecified atom stereocenters. The number of benzene rings is 2. The lowest BCUT2D eigenvalue weighted by Gasteiger charge is -2.06. The number of H-pyrrole nitrogens is 1. The molecule has 6 heteroatoms. The minimum absolute atomic E-state index is 0.205. The van der Waals surface area contributed by atoms with Crippen LogP contribution in [0.1, 0.15) is 15.9 Å². The van der Waals surface area contributed by atoms with Crippen LogP contribution < -0.4 is 11.0 Å². The number of hydrogen-bond acceptors (Lipinski definition) is 3. The Morgan fingerprint density at radius 1 is 1.08 bits per heavy atom. The lowest BCUT2D eigenvalue weighted by atomic mass is 10.1. The fourth-order valence-electron chi connectivity index (χ4n) is 2.87. The Bertz CT molecular complexity index is 1110. The van der Waals surface area contributed by atoms with Gasteiger partial charge in [-0.05, 0) is 42.0 Å². The van der Waals surface area contributed by atoms with E-state index in [1.54, 1.807) is 35.2 Å². The fraction of sp³-hybridized carbons (Fsp3) is 0.0500. The molecule has 0 atom stereocenters. The van der Waals surface area contributed by atoms with Gasteiger partial charge in [-0.2, -0.15) is 0 Å². The van der Waals surface area contributed by atoms with Crippen LogP contribution in [0.4, 0.5) is 0 Å². The van der Waals surface area contributed by atoms with Gasteiger partial charge in [0.15, 0.2) is 0 Å². The van der Waals surface area contributed by atoms with E-state index < -0.39 is 0 Å². The summed E-state index contributed by atoms with van der Waals surface area (Å²) < 4.78 is 1.59. The first-order valence-corrected chi connectivity index (χ1v) is 8.20. The van der Waals surface area contributed by atoms with Crippen molar-refractivity contribution in [2.24, 2.45) is 0 Å². The summed E-state index contributed by atoms with van der Waals surface area (Å²) in [5, 5.41) is 2.86. The van der Waals surface area contributed by atoms with Crippen molar-refractivity contribution in [2.45, 2.75) is 6.54 Å². The smallest absolute Gasteiger partial charge is 0.331 e. The van der Waals surface area contributed by atoms with Crippen LogP contribution in [0.2, 0.25) is 0 Å².